The van der Waals surface area contributed by atoms with E-state index in [-0.39, 0.29) is 15.6 Å². The molecule has 10 heteroatoms. The molecule has 5 nitrogen and oxygen atoms in total. The summed E-state index contributed by atoms with van der Waals surface area (Å²) in [5.74, 6) is -1.48. The summed E-state index contributed by atoms with van der Waals surface area (Å²) in [6.07, 6.45) is -4.68. The minimum atomic E-state index is -4.68. The molecule has 144 valence electrons. The molecule has 4 N–H and O–H groups in total. The normalized spacial score (nSPS) is 12.4. The molecular formula is C17H14Cl2F3N3O2. The third-order valence-electron chi connectivity index (χ3n) is 3.55. The van der Waals surface area contributed by atoms with Crippen molar-refractivity contribution in [2.75, 3.05) is 10.6 Å². The first kappa shape index (κ1) is 20.9. The fourth-order valence-corrected chi connectivity index (χ4v) is 2.60. The van der Waals surface area contributed by atoms with Gasteiger partial charge in [-0.05, 0) is 43.3 Å². The third-order valence-corrected chi connectivity index (χ3v) is 4.12. The highest BCUT2D eigenvalue weighted by Gasteiger charge is 2.34. The number of rotatable bonds is 5. The van der Waals surface area contributed by atoms with Gasteiger partial charge in [0.25, 0.3) is 0 Å². The molecule has 0 heterocycles. The van der Waals surface area contributed by atoms with E-state index in [0.717, 1.165) is 12.1 Å². The van der Waals surface area contributed by atoms with E-state index in [9.17, 15) is 22.8 Å². The van der Waals surface area contributed by atoms with E-state index < -0.39 is 35.3 Å². The second-order valence-electron chi connectivity index (χ2n) is 5.60. The van der Waals surface area contributed by atoms with Crippen LogP contribution in [0.5, 0.6) is 0 Å². The number of nitrogens with one attached hydrogen (secondary N) is 2. The van der Waals surface area contributed by atoms with Crippen LogP contribution in [0.1, 0.15) is 22.8 Å². The SMILES string of the molecule is CC(Nc1ccc(Cl)c(C(N)=O)c1)C(=O)Nc1ccc(Cl)cc1C(F)(F)F. The maximum absolute atomic E-state index is 13.1. The van der Waals surface area contributed by atoms with Crippen molar-refractivity contribution in [2.24, 2.45) is 5.73 Å². The summed E-state index contributed by atoms with van der Waals surface area (Å²) in [4.78, 5) is 23.6. The van der Waals surface area contributed by atoms with E-state index in [4.69, 9.17) is 28.9 Å². The van der Waals surface area contributed by atoms with E-state index in [0.29, 0.717) is 5.69 Å². The summed E-state index contributed by atoms with van der Waals surface area (Å²) < 4.78 is 39.3. The van der Waals surface area contributed by atoms with Gasteiger partial charge < -0.3 is 16.4 Å². The molecule has 0 aliphatic rings. The predicted molar refractivity (Wildman–Crippen MR) is 98.1 cm³/mol. The molecule has 0 aliphatic carbocycles. The summed E-state index contributed by atoms with van der Waals surface area (Å²) >= 11 is 11.5. The number of hydrogen-bond acceptors (Lipinski definition) is 3. The van der Waals surface area contributed by atoms with E-state index in [2.05, 4.69) is 10.6 Å². The first-order valence-corrected chi connectivity index (χ1v) is 8.28. The number of amides is 2. The molecule has 2 amide bonds. The Hall–Kier alpha value is -2.45. The second-order valence-corrected chi connectivity index (χ2v) is 6.45. The van der Waals surface area contributed by atoms with Crippen molar-refractivity contribution in [1.29, 1.82) is 0 Å². The number of primary amides is 1. The summed E-state index contributed by atoms with van der Waals surface area (Å²) in [6, 6.07) is 6.37. The molecule has 0 radical (unpaired) electrons. The minimum Gasteiger partial charge on any atom is -0.374 e. The van der Waals surface area contributed by atoms with Crippen LogP contribution in [0.3, 0.4) is 0 Å². The van der Waals surface area contributed by atoms with Gasteiger partial charge in [0.05, 0.1) is 21.8 Å². The van der Waals surface area contributed by atoms with Crippen LogP contribution in [0.2, 0.25) is 10.0 Å². The lowest BCUT2D eigenvalue weighted by molar-refractivity contribution is -0.137. The lowest BCUT2D eigenvalue weighted by Gasteiger charge is -2.18. The number of carbonyl (C=O) groups is 2. The van der Waals surface area contributed by atoms with Crippen molar-refractivity contribution in [3.05, 3.63) is 57.6 Å². The third kappa shape index (κ3) is 5.27. The van der Waals surface area contributed by atoms with Gasteiger partial charge in [0.15, 0.2) is 0 Å². The van der Waals surface area contributed by atoms with Gasteiger partial charge >= 0.3 is 6.18 Å². The van der Waals surface area contributed by atoms with Crippen molar-refractivity contribution in [3.63, 3.8) is 0 Å². The maximum atomic E-state index is 13.1. The van der Waals surface area contributed by atoms with Crippen molar-refractivity contribution in [2.45, 2.75) is 19.1 Å². The lowest BCUT2D eigenvalue weighted by Crippen LogP contribution is -2.32. The molecular weight excluding hydrogens is 406 g/mol. The number of carbonyl (C=O) groups excluding carboxylic acids is 2. The number of hydrogen-bond donors (Lipinski definition) is 3. The summed E-state index contributed by atoms with van der Waals surface area (Å²) in [5.41, 5.74) is 4.12. The Bertz CT molecular complexity index is 888. The molecule has 2 aromatic rings. The van der Waals surface area contributed by atoms with Gasteiger partial charge in [-0.3, -0.25) is 9.59 Å². The average molecular weight is 420 g/mol. The van der Waals surface area contributed by atoms with Crippen LogP contribution in [-0.4, -0.2) is 17.9 Å². The number of nitrogens with two attached hydrogens (primary N) is 1. The molecule has 2 rings (SSSR count). The van der Waals surface area contributed by atoms with Crippen LogP contribution in [-0.2, 0) is 11.0 Å². The zero-order valence-electron chi connectivity index (χ0n) is 13.8. The maximum Gasteiger partial charge on any atom is 0.418 e. The minimum absolute atomic E-state index is 0.0475. The molecule has 0 bridgehead atoms. The number of halogens is 5. The van der Waals surface area contributed by atoms with Crippen molar-refractivity contribution in [3.8, 4) is 0 Å². The first-order chi connectivity index (χ1) is 12.5. The molecule has 0 saturated carbocycles. The van der Waals surface area contributed by atoms with Gasteiger partial charge in [-0.25, -0.2) is 0 Å². The zero-order chi connectivity index (χ0) is 20.4. The van der Waals surface area contributed by atoms with E-state index in [1.807, 2.05) is 0 Å². The lowest BCUT2D eigenvalue weighted by atomic mass is 10.1. The van der Waals surface area contributed by atoms with Crippen LogP contribution in [0.15, 0.2) is 36.4 Å². The van der Waals surface area contributed by atoms with Gasteiger partial charge in [-0.2, -0.15) is 13.2 Å². The van der Waals surface area contributed by atoms with Crippen LogP contribution < -0.4 is 16.4 Å². The Morgan fingerprint density at radius 2 is 1.78 bits per heavy atom. The van der Waals surface area contributed by atoms with Gasteiger partial charge in [-0.1, -0.05) is 23.2 Å². The van der Waals surface area contributed by atoms with E-state index >= 15 is 0 Å². The van der Waals surface area contributed by atoms with Crippen molar-refractivity contribution >= 4 is 46.4 Å². The van der Waals surface area contributed by atoms with Crippen LogP contribution in [0.25, 0.3) is 0 Å². The zero-order valence-corrected chi connectivity index (χ0v) is 15.3. The van der Waals surface area contributed by atoms with Gasteiger partial charge in [0.1, 0.15) is 6.04 Å². The smallest absolute Gasteiger partial charge is 0.374 e. The fourth-order valence-electron chi connectivity index (χ4n) is 2.22. The summed E-state index contributed by atoms with van der Waals surface area (Å²) in [5, 5.41) is 5.02. The number of anilines is 2. The standard InChI is InChI=1S/C17H14Cl2F3N3O2/c1-8(24-10-3-4-13(19)11(7-10)15(23)26)16(27)25-14-5-2-9(18)6-12(14)17(20,21)22/h2-8,24H,1H3,(H2,23,26)(H,25,27). The molecule has 0 aromatic heterocycles. The van der Waals surface area contributed by atoms with Crippen LogP contribution >= 0.6 is 23.2 Å². The number of alkyl halides is 3. The Labute approximate surface area is 162 Å². The Morgan fingerprint density at radius 1 is 1.11 bits per heavy atom. The molecule has 0 fully saturated rings. The van der Waals surface area contributed by atoms with Crippen molar-refractivity contribution < 1.29 is 22.8 Å². The molecule has 1 atom stereocenters. The predicted octanol–water partition coefficient (Wildman–Crippen LogP) is 4.55. The fraction of sp³-hybridized carbons (Fsp3) is 0.176. The Balaban J connectivity index is 2.18. The van der Waals surface area contributed by atoms with Crippen molar-refractivity contribution in [1.82, 2.24) is 0 Å². The quantitative estimate of drug-likeness (QED) is 0.664. The van der Waals surface area contributed by atoms with E-state index in [1.54, 1.807) is 0 Å². The monoisotopic (exact) mass is 419 g/mol. The topological polar surface area (TPSA) is 84.2 Å². The van der Waals surface area contributed by atoms with Gasteiger partial charge in [0.2, 0.25) is 11.8 Å². The van der Waals surface area contributed by atoms with Gasteiger partial charge in [-0.15, -0.1) is 0 Å². The van der Waals surface area contributed by atoms with Crippen LogP contribution in [0.4, 0.5) is 24.5 Å². The largest absolute Gasteiger partial charge is 0.418 e. The molecule has 0 saturated heterocycles. The molecule has 1 unspecified atom stereocenters. The highest BCUT2D eigenvalue weighted by molar-refractivity contribution is 6.34. The Morgan fingerprint density at radius 3 is 2.37 bits per heavy atom. The highest BCUT2D eigenvalue weighted by atomic mass is 35.5. The summed E-state index contributed by atoms with van der Waals surface area (Å²) in [7, 11) is 0. The highest BCUT2D eigenvalue weighted by Crippen LogP contribution is 2.36. The average Bonchev–Trinajstić information content (AvgIpc) is 2.56. The van der Waals surface area contributed by atoms with Gasteiger partial charge in [0, 0.05) is 10.7 Å². The molecule has 0 spiro atoms. The Kier molecular flexibility index (Phi) is 6.22. The molecule has 27 heavy (non-hydrogen) atoms. The molecule has 0 aliphatic heterocycles. The van der Waals surface area contributed by atoms with E-state index in [1.165, 1.54) is 31.2 Å². The summed E-state index contributed by atoms with van der Waals surface area (Å²) in [6.45, 7) is 1.44. The van der Waals surface area contributed by atoms with Crippen LogP contribution in [0, 0.1) is 0 Å². The second kappa shape index (κ2) is 8.06. The first-order valence-electron chi connectivity index (χ1n) is 7.52. The number of benzene rings is 2. The molecule has 2 aromatic carbocycles.